The van der Waals surface area contributed by atoms with Crippen LogP contribution >= 0.6 is 11.3 Å². The third kappa shape index (κ3) is 6.15. The van der Waals surface area contributed by atoms with Crippen molar-refractivity contribution < 1.29 is 0 Å². The lowest BCUT2D eigenvalue weighted by molar-refractivity contribution is 1.18. The number of aromatic nitrogens is 2. The molecule has 0 amide bonds. The van der Waals surface area contributed by atoms with Crippen molar-refractivity contribution in [1.82, 2.24) is 9.97 Å². The van der Waals surface area contributed by atoms with Gasteiger partial charge in [-0.25, -0.2) is 9.97 Å². The van der Waals surface area contributed by atoms with E-state index < -0.39 is 0 Å². The van der Waals surface area contributed by atoms with Crippen molar-refractivity contribution in [2.45, 2.75) is 0 Å². The highest BCUT2D eigenvalue weighted by molar-refractivity contribution is 7.25. The quantitative estimate of drug-likeness (QED) is 0.159. The van der Waals surface area contributed by atoms with Gasteiger partial charge in [0.25, 0.3) is 0 Å². The van der Waals surface area contributed by atoms with E-state index in [2.05, 4.69) is 188 Å². The summed E-state index contributed by atoms with van der Waals surface area (Å²) in [7, 11) is 0. The minimum absolute atomic E-state index is 0.701. The highest BCUT2D eigenvalue weighted by Crippen LogP contribution is 2.39. The third-order valence-electron chi connectivity index (χ3n) is 11.1. The number of thiophene rings is 1. The van der Waals surface area contributed by atoms with Gasteiger partial charge in [0.05, 0.1) is 11.4 Å². The van der Waals surface area contributed by atoms with Gasteiger partial charge >= 0.3 is 0 Å². The molecular formula is C54H34N2S. The number of benzene rings is 9. The van der Waals surface area contributed by atoms with E-state index >= 15 is 0 Å². The van der Waals surface area contributed by atoms with Gasteiger partial charge in [-0.1, -0.05) is 158 Å². The van der Waals surface area contributed by atoms with Crippen LogP contribution in [0.2, 0.25) is 0 Å². The van der Waals surface area contributed by atoms with Crippen molar-refractivity contribution in [3.8, 4) is 67.3 Å². The summed E-state index contributed by atoms with van der Waals surface area (Å²) in [6, 6.07) is 74.1. The topological polar surface area (TPSA) is 25.8 Å². The van der Waals surface area contributed by atoms with Crippen LogP contribution in [0.15, 0.2) is 206 Å². The van der Waals surface area contributed by atoms with Crippen LogP contribution in [0.3, 0.4) is 0 Å². The SMILES string of the molecule is c1ccc(-c2cc(-c3ccc4sc5ccccc5c4c3)cc(-c3cc(-c4ccc(-c5ccc6c(ccc7ccccc76)c5)cc4)nc(-c4ccccc4)n3)c2)cc1. The fraction of sp³-hybridized carbons (Fsp3) is 0. The third-order valence-corrected chi connectivity index (χ3v) is 12.2. The average Bonchev–Trinajstić information content (AvgIpc) is 3.67. The zero-order valence-electron chi connectivity index (χ0n) is 30.9. The van der Waals surface area contributed by atoms with Crippen LogP contribution in [0.5, 0.6) is 0 Å². The predicted molar refractivity (Wildman–Crippen MR) is 243 cm³/mol. The van der Waals surface area contributed by atoms with E-state index in [1.165, 1.54) is 58.4 Å². The molecule has 0 aliphatic carbocycles. The molecular weight excluding hydrogens is 709 g/mol. The Morgan fingerprint density at radius 2 is 0.789 bits per heavy atom. The van der Waals surface area contributed by atoms with Gasteiger partial charge in [0.1, 0.15) is 0 Å². The molecule has 0 saturated carbocycles. The second-order valence-electron chi connectivity index (χ2n) is 14.6. The van der Waals surface area contributed by atoms with Gasteiger partial charge in [-0.05, 0) is 103 Å². The first-order valence-electron chi connectivity index (χ1n) is 19.3. The first-order chi connectivity index (χ1) is 28.2. The van der Waals surface area contributed by atoms with Crippen molar-refractivity contribution in [3.05, 3.63) is 206 Å². The molecule has 0 radical (unpaired) electrons. The van der Waals surface area contributed by atoms with Gasteiger partial charge in [-0.2, -0.15) is 0 Å². The van der Waals surface area contributed by atoms with Crippen molar-refractivity contribution >= 4 is 53.1 Å². The monoisotopic (exact) mass is 742 g/mol. The molecule has 2 nitrogen and oxygen atoms in total. The zero-order valence-corrected chi connectivity index (χ0v) is 31.7. The second-order valence-corrected chi connectivity index (χ2v) is 15.7. The molecule has 57 heavy (non-hydrogen) atoms. The molecule has 0 bridgehead atoms. The van der Waals surface area contributed by atoms with Crippen LogP contribution in [-0.2, 0) is 0 Å². The Morgan fingerprint density at radius 1 is 0.263 bits per heavy atom. The van der Waals surface area contributed by atoms with Gasteiger partial charge in [0.15, 0.2) is 5.82 Å². The lowest BCUT2D eigenvalue weighted by atomic mass is 9.93. The number of fused-ring (bicyclic) bond motifs is 6. The number of hydrogen-bond acceptors (Lipinski definition) is 3. The Balaban J connectivity index is 1.03. The minimum atomic E-state index is 0.701. The molecule has 11 rings (SSSR count). The molecule has 9 aromatic carbocycles. The summed E-state index contributed by atoms with van der Waals surface area (Å²) in [5.74, 6) is 0.701. The number of nitrogens with zero attached hydrogens (tertiary/aromatic N) is 2. The summed E-state index contributed by atoms with van der Waals surface area (Å²) in [5, 5.41) is 7.64. The first kappa shape index (κ1) is 33.2. The van der Waals surface area contributed by atoms with Gasteiger partial charge < -0.3 is 0 Å². The van der Waals surface area contributed by atoms with E-state index in [4.69, 9.17) is 9.97 Å². The molecule has 266 valence electrons. The molecule has 0 aliphatic rings. The van der Waals surface area contributed by atoms with Crippen molar-refractivity contribution in [3.63, 3.8) is 0 Å². The van der Waals surface area contributed by atoms with Crippen LogP contribution in [0, 0.1) is 0 Å². The maximum absolute atomic E-state index is 5.26. The largest absolute Gasteiger partial charge is 0.228 e. The Bertz CT molecular complexity index is 3270. The lowest BCUT2D eigenvalue weighted by Crippen LogP contribution is -1.96. The van der Waals surface area contributed by atoms with E-state index in [1.54, 1.807) is 0 Å². The number of hydrogen-bond donors (Lipinski definition) is 0. The van der Waals surface area contributed by atoms with Gasteiger partial charge in [0, 0.05) is 36.9 Å². The Labute approximate surface area is 335 Å². The van der Waals surface area contributed by atoms with Crippen LogP contribution in [-0.4, -0.2) is 9.97 Å². The highest BCUT2D eigenvalue weighted by atomic mass is 32.1. The summed E-state index contributed by atoms with van der Waals surface area (Å²) < 4.78 is 2.61. The maximum atomic E-state index is 5.26. The van der Waals surface area contributed by atoms with Crippen LogP contribution in [0.4, 0.5) is 0 Å². The zero-order chi connectivity index (χ0) is 37.7. The smallest absolute Gasteiger partial charge is 0.160 e. The van der Waals surface area contributed by atoms with Gasteiger partial charge in [0.2, 0.25) is 0 Å². The molecule has 0 aliphatic heterocycles. The Morgan fingerprint density at radius 3 is 1.60 bits per heavy atom. The van der Waals surface area contributed by atoms with Gasteiger partial charge in [-0.3, -0.25) is 0 Å². The summed E-state index contributed by atoms with van der Waals surface area (Å²) in [6.45, 7) is 0. The highest BCUT2D eigenvalue weighted by Gasteiger charge is 2.15. The number of rotatable bonds is 6. The minimum Gasteiger partial charge on any atom is -0.228 e. The van der Waals surface area contributed by atoms with Crippen molar-refractivity contribution in [2.24, 2.45) is 0 Å². The molecule has 2 heterocycles. The van der Waals surface area contributed by atoms with Crippen molar-refractivity contribution in [2.75, 3.05) is 0 Å². The Hall–Kier alpha value is -7.20. The average molecular weight is 743 g/mol. The molecule has 0 fully saturated rings. The molecule has 11 aromatic rings. The second kappa shape index (κ2) is 13.8. The van der Waals surface area contributed by atoms with Crippen LogP contribution < -0.4 is 0 Å². The summed E-state index contributed by atoms with van der Waals surface area (Å²) in [6.07, 6.45) is 0. The maximum Gasteiger partial charge on any atom is 0.160 e. The van der Waals surface area contributed by atoms with Crippen LogP contribution in [0.25, 0.3) is 109 Å². The fourth-order valence-corrected chi connectivity index (χ4v) is 9.22. The lowest BCUT2D eigenvalue weighted by Gasteiger charge is -2.14. The molecule has 0 spiro atoms. The molecule has 0 N–H and O–H groups in total. The first-order valence-corrected chi connectivity index (χ1v) is 20.1. The van der Waals surface area contributed by atoms with E-state index in [0.717, 1.165) is 44.8 Å². The molecule has 0 saturated heterocycles. The van der Waals surface area contributed by atoms with Crippen molar-refractivity contribution in [1.29, 1.82) is 0 Å². The van der Waals surface area contributed by atoms with E-state index in [0.29, 0.717) is 5.82 Å². The summed E-state index contributed by atoms with van der Waals surface area (Å²) in [5.41, 5.74) is 11.8. The summed E-state index contributed by atoms with van der Waals surface area (Å²) in [4.78, 5) is 10.4. The molecule has 2 aromatic heterocycles. The normalized spacial score (nSPS) is 11.5. The van der Waals surface area contributed by atoms with E-state index in [-0.39, 0.29) is 0 Å². The van der Waals surface area contributed by atoms with E-state index in [1.807, 2.05) is 29.5 Å². The van der Waals surface area contributed by atoms with Gasteiger partial charge in [-0.15, -0.1) is 11.3 Å². The van der Waals surface area contributed by atoms with E-state index in [9.17, 15) is 0 Å². The summed E-state index contributed by atoms with van der Waals surface area (Å²) >= 11 is 1.85. The standard InChI is InChI=1S/C54H34N2S/c1-3-11-35(12-4-1)43-30-44(41-26-28-53-49(33-41)48-17-9-10-18-52(48)57-53)32-45(31-43)51-34-50(55-54(56-51)39-14-5-2-6-15-39)38-22-19-36(20-23-38)40-25-27-47-42(29-40)24-21-37-13-7-8-16-46(37)47/h1-34H. The Kier molecular flexibility index (Phi) is 8.04. The van der Waals surface area contributed by atoms with Crippen LogP contribution in [0.1, 0.15) is 0 Å². The molecule has 0 unspecified atom stereocenters. The predicted octanol–water partition coefficient (Wildman–Crippen LogP) is 15.2. The molecule has 0 atom stereocenters. The fourth-order valence-electron chi connectivity index (χ4n) is 8.13. The molecule has 3 heteroatoms.